The minimum Gasteiger partial charge on any atom is -0.494 e. The molecule has 0 atom stereocenters. The fourth-order valence-electron chi connectivity index (χ4n) is 2.70. The molecule has 3 aromatic carbocycles. The van der Waals surface area contributed by atoms with Gasteiger partial charge in [-0.05, 0) is 47.5 Å². The molecule has 0 aliphatic heterocycles. The second-order valence-electron chi connectivity index (χ2n) is 5.75. The molecule has 3 aromatic rings. The Kier molecular flexibility index (Phi) is 5.49. The summed E-state index contributed by atoms with van der Waals surface area (Å²) < 4.78 is 5.36. The molecule has 5 heteroatoms. The van der Waals surface area contributed by atoms with Crippen molar-refractivity contribution in [2.24, 2.45) is 10.7 Å². The maximum Gasteiger partial charge on any atom is 0.257 e. The van der Waals surface area contributed by atoms with Gasteiger partial charge in [0.2, 0.25) is 0 Å². The summed E-state index contributed by atoms with van der Waals surface area (Å²) >= 11 is 0. The molecule has 0 aliphatic rings. The zero-order valence-electron chi connectivity index (χ0n) is 14.6. The van der Waals surface area contributed by atoms with Crippen LogP contribution in [-0.4, -0.2) is 18.5 Å². The van der Waals surface area contributed by atoms with Crippen molar-refractivity contribution in [3.8, 4) is 5.75 Å². The molecule has 0 aromatic heterocycles. The zero-order valence-corrected chi connectivity index (χ0v) is 14.6. The van der Waals surface area contributed by atoms with Gasteiger partial charge >= 0.3 is 0 Å². The number of ether oxygens (including phenoxy) is 1. The summed E-state index contributed by atoms with van der Waals surface area (Å²) in [4.78, 5) is 16.5. The molecule has 0 unspecified atom stereocenters. The number of nitrogens with one attached hydrogen (secondary N) is 1. The SMILES string of the molecule is CCOc1ccc(C(=O)NC(N)=NCc2cccc3ccccc23)cc1. The molecule has 0 spiro atoms. The third-order valence-corrected chi connectivity index (χ3v) is 3.97. The van der Waals surface area contributed by atoms with Crippen LogP contribution in [0.3, 0.4) is 0 Å². The minimum absolute atomic E-state index is 0.0943. The van der Waals surface area contributed by atoms with E-state index in [0.29, 0.717) is 18.7 Å². The van der Waals surface area contributed by atoms with E-state index in [2.05, 4.69) is 28.5 Å². The van der Waals surface area contributed by atoms with Crippen molar-refractivity contribution in [1.29, 1.82) is 0 Å². The van der Waals surface area contributed by atoms with Crippen molar-refractivity contribution < 1.29 is 9.53 Å². The van der Waals surface area contributed by atoms with Crippen LogP contribution in [0.1, 0.15) is 22.8 Å². The van der Waals surface area contributed by atoms with Crippen molar-refractivity contribution in [3.05, 3.63) is 77.9 Å². The fraction of sp³-hybridized carbons (Fsp3) is 0.143. The number of nitrogens with two attached hydrogens (primary N) is 1. The Morgan fingerprint density at radius 2 is 1.77 bits per heavy atom. The van der Waals surface area contributed by atoms with Crippen LogP contribution in [-0.2, 0) is 6.54 Å². The first-order valence-corrected chi connectivity index (χ1v) is 8.48. The Morgan fingerprint density at radius 3 is 2.54 bits per heavy atom. The molecule has 0 saturated heterocycles. The average molecular weight is 347 g/mol. The highest BCUT2D eigenvalue weighted by Crippen LogP contribution is 2.19. The molecule has 0 heterocycles. The van der Waals surface area contributed by atoms with Gasteiger partial charge in [-0.25, -0.2) is 4.99 Å². The highest BCUT2D eigenvalue weighted by molar-refractivity contribution is 6.05. The molecule has 5 nitrogen and oxygen atoms in total. The van der Waals surface area contributed by atoms with Crippen LogP contribution in [0.15, 0.2) is 71.7 Å². The van der Waals surface area contributed by atoms with Crippen molar-refractivity contribution in [1.82, 2.24) is 5.32 Å². The molecule has 26 heavy (non-hydrogen) atoms. The molecule has 0 radical (unpaired) electrons. The quantitative estimate of drug-likeness (QED) is 0.548. The van der Waals surface area contributed by atoms with Gasteiger partial charge in [0.05, 0.1) is 13.2 Å². The number of hydrogen-bond acceptors (Lipinski definition) is 3. The van der Waals surface area contributed by atoms with E-state index in [4.69, 9.17) is 10.5 Å². The smallest absolute Gasteiger partial charge is 0.257 e. The van der Waals surface area contributed by atoms with Gasteiger partial charge in [0.15, 0.2) is 5.96 Å². The van der Waals surface area contributed by atoms with Crippen LogP contribution >= 0.6 is 0 Å². The van der Waals surface area contributed by atoms with Gasteiger partial charge in [-0.1, -0.05) is 42.5 Å². The molecule has 0 saturated carbocycles. The zero-order chi connectivity index (χ0) is 18.4. The lowest BCUT2D eigenvalue weighted by atomic mass is 10.1. The predicted molar refractivity (Wildman–Crippen MR) is 104 cm³/mol. The first-order valence-electron chi connectivity index (χ1n) is 8.48. The first kappa shape index (κ1) is 17.5. The lowest BCUT2D eigenvalue weighted by Gasteiger charge is -2.07. The van der Waals surface area contributed by atoms with E-state index >= 15 is 0 Å². The van der Waals surface area contributed by atoms with Crippen LogP contribution < -0.4 is 15.8 Å². The van der Waals surface area contributed by atoms with E-state index < -0.39 is 0 Å². The number of hydrogen-bond donors (Lipinski definition) is 2. The summed E-state index contributed by atoms with van der Waals surface area (Å²) in [7, 11) is 0. The van der Waals surface area contributed by atoms with Crippen molar-refractivity contribution in [2.75, 3.05) is 6.61 Å². The number of aliphatic imine (C=N–C) groups is 1. The topological polar surface area (TPSA) is 76.7 Å². The van der Waals surface area contributed by atoms with Gasteiger partial charge < -0.3 is 10.5 Å². The van der Waals surface area contributed by atoms with Crippen molar-refractivity contribution >= 4 is 22.6 Å². The van der Waals surface area contributed by atoms with Crippen molar-refractivity contribution in [3.63, 3.8) is 0 Å². The van der Waals surface area contributed by atoms with Gasteiger partial charge in [0, 0.05) is 5.56 Å². The van der Waals surface area contributed by atoms with E-state index in [9.17, 15) is 4.79 Å². The van der Waals surface area contributed by atoms with Crippen LogP contribution in [0.25, 0.3) is 10.8 Å². The van der Waals surface area contributed by atoms with E-state index in [1.807, 2.05) is 31.2 Å². The Morgan fingerprint density at radius 1 is 1.04 bits per heavy atom. The van der Waals surface area contributed by atoms with Gasteiger partial charge in [-0.3, -0.25) is 10.1 Å². The maximum absolute atomic E-state index is 12.2. The third kappa shape index (κ3) is 4.19. The number of fused-ring (bicyclic) bond motifs is 1. The minimum atomic E-state index is -0.299. The van der Waals surface area contributed by atoms with Crippen LogP contribution in [0.5, 0.6) is 5.75 Å². The average Bonchev–Trinajstić information content (AvgIpc) is 2.67. The summed E-state index contributed by atoms with van der Waals surface area (Å²) in [5.41, 5.74) is 7.43. The summed E-state index contributed by atoms with van der Waals surface area (Å²) in [5, 5.41) is 4.89. The lowest BCUT2D eigenvalue weighted by molar-refractivity contribution is 0.0976. The molecule has 0 fully saturated rings. The van der Waals surface area contributed by atoms with E-state index in [1.165, 1.54) is 0 Å². The molecule has 1 amide bonds. The van der Waals surface area contributed by atoms with Crippen molar-refractivity contribution in [2.45, 2.75) is 13.5 Å². The molecular weight excluding hydrogens is 326 g/mol. The number of carbonyl (C=O) groups is 1. The monoisotopic (exact) mass is 347 g/mol. The number of guanidine groups is 1. The molecule has 3 rings (SSSR count). The first-order chi connectivity index (χ1) is 12.7. The standard InChI is InChI=1S/C21H21N3O2/c1-2-26-18-12-10-16(11-13-18)20(25)24-21(22)23-14-17-8-5-7-15-6-3-4-9-19(15)17/h3-13H,2,14H2,1H3,(H3,22,23,24,25). The third-order valence-electron chi connectivity index (χ3n) is 3.97. The molecule has 132 valence electrons. The van der Waals surface area contributed by atoms with Gasteiger partial charge in [-0.15, -0.1) is 0 Å². The van der Waals surface area contributed by atoms with Gasteiger partial charge in [-0.2, -0.15) is 0 Å². The maximum atomic E-state index is 12.2. The summed E-state index contributed by atoms with van der Waals surface area (Å²) in [6.45, 7) is 2.89. The molecule has 0 bridgehead atoms. The number of amides is 1. The molecule has 3 N–H and O–H groups in total. The van der Waals surface area contributed by atoms with Crippen LogP contribution in [0.2, 0.25) is 0 Å². The Hall–Kier alpha value is -3.34. The summed E-state index contributed by atoms with van der Waals surface area (Å²) in [6.07, 6.45) is 0. The number of carbonyl (C=O) groups excluding carboxylic acids is 1. The van der Waals surface area contributed by atoms with Gasteiger partial charge in [0.1, 0.15) is 5.75 Å². The van der Waals surface area contributed by atoms with E-state index in [0.717, 1.165) is 22.1 Å². The van der Waals surface area contributed by atoms with Crippen LogP contribution in [0, 0.1) is 0 Å². The second kappa shape index (κ2) is 8.16. The number of benzene rings is 3. The lowest BCUT2D eigenvalue weighted by Crippen LogP contribution is -2.36. The molecule has 0 aliphatic carbocycles. The van der Waals surface area contributed by atoms with E-state index in [-0.39, 0.29) is 11.9 Å². The highest BCUT2D eigenvalue weighted by atomic mass is 16.5. The number of nitrogens with zero attached hydrogens (tertiary/aromatic N) is 1. The Bertz CT molecular complexity index is 928. The largest absolute Gasteiger partial charge is 0.494 e. The predicted octanol–water partition coefficient (Wildman–Crippen LogP) is 3.48. The second-order valence-corrected chi connectivity index (χ2v) is 5.75. The Balaban J connectivity index is 1.67. The summed E-state index contributed by atoms with van der Waals surface area (Å²) in [6, 6.07) is 21.0. The Labute approximate surface area is 152 Å². The number of rotatable bonds is 5. The van der Waals surface area contributed by atoms with Gasteiger partial charge in [0.25, 0.3) is 5.91 Å². The normalized spacial score (nSPS) is 11.3. The van der Waals surface area contributed by atoms with E-state index in [1.54, 1.807) is 24.3 Å². The summed E-state index contributed by atoms with van der Waals surface area (Å²) in [5.74, 6) is 0.519. The van der Waals surface area contributed by atoms with Crippen LogP contribution in [0.4, 0.5) is 0 Å². The molecular formula is C21H21N3O2. The fourth-order valence-corrected chi connectivity index (χ4v) is 2.70. The highest BCUT2D eigenvalue weighted by Gasteiger charge is 2.07.